The lowest BCUT2D eigenvalue weighted by Crippen LogP contribution is -2.48. The van der Waals surface area contributed by atoms with Crippen molar-refractivity contribution in [3.63, 3.8) is 0 Å². The molecule has 0 spiro atoms. The van der Waals surface area contributed by atoms with Gasteiger partial charge in [0.25, 0.3) is 5.91 Å². The summed E-state index contributed by atoms with van der Waals surface area (Å²) in [4.78, 5) is 18.8. The van der Waals surface area contributed by atoms with Gasteiger partial charge < -0.3 is 4.90 Å². The molecule has 3 heterocycles. The summed E-state index contributed by atoms with van der Waals surface area (Å²) in [6.45, 7) is 3.76. The first-order valence-electron chi connectivity index (χ1n) is 8.65. The van der Waals surface area contributed by atoms with Crippen LogP contribution in [-0.2, 0) is 13.0 Å². The SMILES string of the molecule is O=C(c1ccc(Cl)cc1Cl)N1CCC(N2CCc3sccc3C2)CC1. The van der Waals surface area contributed by atoms with Crippen molar-refractivity contribution in [2.75, 3.05) is 19.6 Å². The third-order valence-corrected chi connectivity index (χ3v) is 6.84. The van der Waals surface area contributed by atoms with E-state index in [1.165, 1.54) is 5.56 Å². The first-order valence-corrected chi connectivity index (χ1v) is 10.3. The van der Waals surface area contributed by atoms with Crippen molar-refractivity contribution in [3.05, 3.63) is 55.7 Å². The van der Waals surface area contributed by atoms with Crippen LogP contribution >= 0.6 is 34.5 Å². The molecule has 2 aliphatic heterocycles. The number of carbonyl (C=O) groups is 1. The van der Waals surface area contributed by atoms with Crippen LogP contribution in [0.15, 0.2) is 29.6 Å². The summed E-state index contributed by atoms with van der Waals surface area (Å²) < 4.78 is 0. The molecule has 2 aromatic rings. The number of carbonyl (C=O) groups excluding carboxylic acids is 1. The van der Waals surface area contributed by atoms with Crippen LogP contribution in [-0.4, -0.2) is 41.4 Å². The molecule has 0 N–H and O–H groups in total. The topological polar surface area (TPSA) is 23.6 Å². The zero-order valence-electron chi connectivity index (χ0n) is 13.9. The fourth-order valence-corrected chi connectivity index (χ4v) is 5.23. The van der Waals surface area contributed by atoms with E-state index in [4.69, 9.17) is 23.2 Å². The van der Waals surface area contributed by atoms with Crippen molar-refractivity contribution < 1.29 is 4.79 Å². The molecule has 1 amide bonds. The summed E-state index contributed by atoms with van der Waals surface area (Å²) in [5.41, 5.74) is 2.04. The molecule has 0 bridgehead atoms. The Kier molecular flexibility index (Phi) is 5.05. The van der Waals surface area contributed by atoms with Gasteiger partial charge in [-0.3, -0.25) is 9.69 Å². The van der Waals surface area contributed by atoms with Gasteiger partial charge in [-0.2, -0.15) is 0 Å². The summed E-state index contributed by atoms with van der Waals surface area (Å²) in [6.07, 6.45) is 3.21. The molecule has 1 aromatic carbocycles. The molecule has 3 nitrogen and oxygen atoms in total. The van der Waals surface area contributed by atoms with E-state index in [1.54, 1.807) is 23.1 Å². The highest BCUT2D eigenvalue weighted by molar-refractivity contribution is 7.10. The molecule has 0 atom stereocenters. The normalized spacial score (nSPS) is 19.0. The second-order valence-electron chi connectivity index (χ2n) is 6.74. The molecule has 2 aliphatic rings. The van der Waals surface area contributed by atoms with Crippen LogP contribution in [0.25, 0.3) is 0 Å². The van der Waals surface area contributed by atoms with Crippen molar-refractivity contribution in [3.8, 4) is 0 Å². The maximum absolute atomic E-state index is 12.7. The molecule has 6 heteroatoms. The monoisotopic (exact) mass is 394 g/mol. The molecular formula is C19H20Cl2N2OS. The van der Waals surface area contributed by atoms with Gasteiger partial charge in [0.05, 0.1) is 10.6 Å². The fraction of sp³-hybridized carbons (Fsp3) is 0.421. The molecule has 0 saturated carbocycles. The number of likely N-dealkylation sites (tertiary alicyclic amines) is 1. The molecule has 25 heavy (non-hydrogen) atoms. The Bertz CT molecular complexity index is 783. The average molecular weight is 395 g/mol. The maximum Gasteiger partial charge on any atom is 0.255 e. The molecule has 1 fully saturated rings. The van der Waals surface area contributed by atoms with Gasteiger partial charge in [0.1, 0.15) is 0 Å². The minimum absolute atomic E-state index is 0.0129. The maximum atomic E-state index is 12.7. The number of fused-ring (bicyclic) bond motifs is 1. The van der Waals surface area contributed by atoms with Crippen molar-refractivity contribution in [1.82, 2.24) is 9.80 Å². The third-order valence-electron chi connectivity index (χ3n) is 5.27. The standard InChI is InChI=1S/C19H20Cl2N2OS/c20-14-1-2-16(17(21)11-14)19(24)22-7-3-15(4-8-22)23-9-5-18-13(12-23)6-10-25-18/h1-2,6,10-11,15H,3-5,7-9,12H2. The van der Waals surface area contributed by atoms with Gasteiger partial charge in [-0.05, 0) is 54.5 Å². The van der Waals surface area contributed by atoms with E-state index in [0.717, 1.165) is 45.4 Å². The Morgan fingerprint density at radius 3 is 2.68 bits per heavy atom. The van der Waals surface area contributed by atoms with Crippen molar-refractivity contribution >= 4 is 40.4 Å². The highest BCUT2D eigenvalue weighted by atomic mass is 35.5. The molecule has 132 valence electrons. The van der Waals surface area contributed by atoms with E-state index in [9.17, 15) is 4.79 Å². The van der Waals surface area contributed by atoms with E-state index in [1.807, 2.05) is 16.2 Å². The summed E-state index contributed by atoms with van der Waals surface area (Å²) >= 11 is 14.0. The number of benzene rings is 1. The second-order valence-corrected chi connectivity index (χ2v) is 8.58. The first-order chi connectivity index (χ1) is 12.1. The fourth-order valence-electron chi connectivity index (χ4n) is 3.85. The minimum atomic E-state index is 0.0129. The van der Waals surface area contributed by atoms with Gasteiger partial charge in [-0.25, -0.2) is 0 Å². The Hall–Kier alpha value is -1.07. The lowest BCUT2D eigenvalue weighted by atomic mass is 9.99. The molecule has 0 radical (unpaired) electrons. The van der Waals surface area contributed by atoms with E-state index < -0.39 is 0 Å². The van der Waals surface area contributed by atoms with Gasteiger partial charge in [0, 0.05) is 42.1 Å². The summed E-state index contributed by atoms with van der Waals surface area (Å²) in [7, 11) is 0. The second kappa shape index (κ2) is 7.28. The van der Waals surface area contributed by atoms with E-state index >= 15 is 0 Å². The molecule has 0 unspecified atom stereocenters. The van der Waals surface area contributed by atoms with E-state index in [2.05, 4.69) is 16.3 Å². The van der Waals surface area contributed by atoms with Crippen LogP contribution in [0.5, 0.6) is 0 Å². The summed E-state index contributed by atoms with van der Waals surface area (Å²) in [5, 5.41) is 3.18. The number of halogens is 2. The molecule has 1 aromatic heterocycles. The summed E-state index contributed by atoms with van der Waals surface area (Å²) in [6, 6.07) is 7.90. The van der Waals surface area contributed by atoms with Crippen molar-refractivity contribution in [1.29, 1.82) is 0 Å². The smallest absolute Gasteiger partial charge is 0.255 e. The highest BCUT2D eigenvalue weighted by Crippen LogP contribution is 2.29. The molecular weight excluding hydrogens is 375 g/mol. The van der Waals surface area contributed by atoms with Gasteiger partial charge in [0.2, 0.25) is 0 Å². The third kappa shape index (κ3) is 3.59. The average Bonchev–Trinajstić information content (AvgIpc) is 3.09. The number of nitrogens with zero attached hydrogens (tertiary/aromatic N) is 2. The molecule has 0 aliphatic carbocycles. The summed E-state index contributed by atoms with van der Waals surface area (Å²) in [5.74, 6) is 0.0129. The molecule has 4 rings (SSSR count). The molecule has 1 saturated heterocycles. The largest absolute Gasteiger partial charge is 0.338 e. The number of hydrogen-bond acceptors (Lipinski definition) is 3. The van der Waals surface area contributed by atoms with Crippen LogP contribution in [0.2, 0.25) is 10.0 Å². The van der Waals surface area contributed by atoms with Crippen LogP contribution in [0, 0.1) is 0 Å². The zero-order chi connectivity index (χ0) is 17.4. The van der Waals surface area contributed by atoms with Crippen LogP contribution in [0.4, 0.5) is 0 Å². The first kappa shape index (κ1) is 17.3. The van der Waals surface area contributed by atoms with Gasteiger partial charge in [0.15, 0.2) is 0 Å². The minimum Gasteiger partial charge on any atom is -0.338 e. The highest BCUT2D eigenvalue weighted by Gasteiger charge is 2.30. The van der Waals surface area contributed by atoms with E-state index in [-0.39, 0.29) is 5.91 Å². The Labute approximate surface area is 162 Å². The number of hydrogen-bond donors (Lipinski definition) is 0. The lowest BCUT2D eigenvalue weighted by Gasteiger charge is -2.40. The Morgan fingerprint density at radius 1 is 1.12 bits per heavy atom. The zero-order valence-corrected chi connectivity index (χ0v) is 16.2. The van der Waals surface area contributed by atoms with E-state index in [0.29, 0.717) is 21.7 Å². The number of amides is 1. The van der Waals surface area contributed by atoms with Gasteiger partial charge in [-0.15, -0.1) is 11.3 Å². The number of piperidine rings is 1. The Morgan fingerprint density at radius 2 is 1.92 bits per heavy atom. The Balaban J connectivity index is 1.38. The quantitative estimate of drug-likeness (QED) is 0.735. The van der Waals surface area contributed by atoms with Crippen LogP contribution < -0.4 is 0 Å². The number of thiophene rings is 1. The predicted molar refractivity (Wildman–Crippen MR) is 104 cm³/mol. The van der Waals surface area contributed by atoms with Crippen molar-refractivity contribution in [2.24, 2.45) is 0 Å². The van der Waals surface area contributed by atoms with Crippen LogP contribution in [0.3, 0.4) is 0 Å². The van der Waals surface area contributed by atoms with Crippen LogP contribution in [0.1, 0.15) is 33.6 Å². The number of rotatable bonds is 2. The lowest BCUT2D eigenvalue weighted by molar-refractivity contribution is 0.0600. The van der Waals surface area contributed by atoms with Gasteiger partial charge >= 0.3 is 0 Å². The van der Waals surface area contributed by atoms with Gasteiger partial charge in [-0.1, -0.05) is 23.2 Å². The predicted octanol–water partition coefficient (Wildman–Crippen LogP) is 4.72. The van der Waals surface area contributed by atoms with Crippen molar-refractivity contribution in [2.45, 2.75) is 31.8 Å².